The first kappa shape index (κ1) is 22.1. The van der Waals surface area contributed by atoms with Crippen LogP contribution in [0.3, 0.4) is 0 Å². The number of carbonyl (C=O) groups is 1. The summed E-state index contributed by atoms with van der Waals surface area (Å²) in [5.74, 6) is 0.0210. The fourth-order valence-electron chi connectivity index (χ4n) is 4.67. The van der Waals surface area contributed by atoms with E-state index in [4.69, 9.17) is 11.6 Å². The summed E-state index contributed by atoms with van der Waals surface area (Å²) in [5, 5.41) is 6.93. The first-order valence-corrected chi connectivity index (χ1v) is 11.1. The van der Waals surface area contributed by atoms with Crippen LogP contribution in [0.2, 0.25) is 5.02 Å². The zero-order valence-electron chi connectivity index (χ0n) is 17.2. The molecule has 0 atom stereocenters. The van der Waals surface area contributed by atoms with Gasteiger partial charge >= 0.3 is 6.18 Å². The fourth-order valence-corrected chi connectivity index (χ4v) is 4.86. The van der Waals surface area contributed by atoms with Crippen LogP contribution in [-0.4, -0.2) is 46.3 Å². The van der Waals surface area contributed by atoms with Crippen LogP contribution in [0.15, 0.2) is 30.5 Å². The Labute approximate surface area is 184 Å². The third-order valence-corrected chi connectivity index (χ3v) is 6.48. The van der Waals surface area contributed by atoms with Gasteiger partial charge in [-0.05, 0) is 49.8 Å². The molecule has 1 aliphatic heterocycles. The van der Waals surface area contributed by atoms with Crippen molar-refractivity contribution in [3.05, 3.63) is 46.7 Å². The second-order valence-electron chi connectivity index (χ2n) is 8.50. The van der Waals surface area contributed by atoms with Crippen molar-refractivity contribution in [2.24, 2.45) is 5.92 Å². The maximum absolute atomic E-state index is 13.8. The van der Waals surface area contributed by atoms with Gasteiger partial charge in [0, 0.05) is 30.7 Å². The van der Waals surface area contributed by atoms with E-state index in [0.717, 1.165) is 49.3 Å². The molecular weight excluding hydrogens is 429 g/mol. The molecule has 5 nitrogen and oxygen atoms in total. The molecule has 31 heavy (non-hydrogen) atoms. The van der Waals surface area contributed by atoms with Gasteiger partial charge in [0.2, 0.25) is 0 Å². The van der Waals surface area contributed by atoms with E-state index < -0.39 is 23.3 Å². The molecule has 0 spiro atoms. The molecule has 0 unspecified atom stereocenters. The number of nitrogens with zero attached hydrogens (tertiary/aromatic N) is 3. The highest BCUT2D eigenvalue weighted by atomic mass is 35.5. The number of likely N-dealkylation sites (tertiary alicyclic amines) is 1. The molecule has 1 N–H and O–H groups in total. The van der Waals surface area contributed by atoms with Crippen LogP contribution >= 0.6 is 11.6 Å². The number of hydrogen-bond donors (Lipinski definition) is 1. The fraction of sp³-hybridized carbons (Fsp3) is 0.545. The number of piperidine rings is 1. The summed E-state index contributed by atoms with van der Waals surface area (Å²) < 4.78 is 42.2. The van der Waals surface area contributed by atoms with Gasteiger partial charge in [0.05, 0.1) is 17.4 Å². The average Bonchev–Trinajstić information content (AvgIpc) is 3.39. The van der Waals surface area contributed by atoms with Gasteiger partial charge in [-0.3, -0.25) is 4.79 Å². The number of benzene rings is 1. The normalized spacial score (nSPS) is 19.1. The Hall–Kier alpha value is -2.06. The molecule has 0 bridgehead atoms. The lowest BCUT2D eigenvalue weighted by molar-refractivity contribution is -0.143. The number of hydrogen-bond acceptors (Lipinski definition) is 3. The molecule has 1 amide bonds. The topological polar surface area (TPSA) is 50.2 Å². The number of rotatable bonds is 5. The number of carbonyl (C=O) groups excluding carboxylic acids is 1. The van der Waals surface area contributed by atoms with E-state index >= 15 is 0 Å². The Kier molecular flexibility index (Phi) is 6.57. The zero-order valence-corrected chi connectivity index (χ0v) is 17.9. The minimum Gasteiger partial charge on any atom is -0.349 e. The lowest BCUT2D eigenvalue weighted by Gasteiger charge is -2.33. The summed E-state index contributed by atoms with van der Waals surface area (Å²) >= 11 is 5.92. The zero-order chi connectivity index (χ0) is 22.0. The van der Waals surface area contributed by atoms with E-state index in [1.165, 1.54) is 37.8 Å². The molecule has 1 aromatic heterocycles. The lowest BCUT2D eigenvalue weighted by atomic mass is 10.0. The number of alkyl halides is 3. The maximum Gasteiger partial charge on any atom is 0.434 e. The Morgan fingerprint density at radius 3 is 2.52 bits per heavy atom. The van der Waals surface area contributed by atoms with E-state index in [1.807, 2.05) is 0 Å². The van der Waals surface area contributed by atoms with Crippen molar-refractivity contribution in [3.8, 4) is 5.69 Å². The summed E-state index contributed by atoms with van der Waals surface area (Å²) in [6.45, 7) is 2.80. The number of amides is 1. The molecule has 168 valence electrons. The van der Waals surface area contributed by atoms with Crippen LogP contribution in [0, 0.1) is 5.92 Å². The van der Waals surface area contributed by atoms with Crippen molar-refractivity contribution in [2.75, 3.05) is 19.6 Å². The van der Waals surface area contributed by atoms with Gasteiger partial charge in [-0.1, -0.05) is 30.5 Å². The van der Waals surface area contributed by atoms with Gasteiger partial charge in [0.15, 0.2) is 5.69 Å². The van der Waals surface area contributed by atoms with E-state index in [-0.39, 0.29) is 16.8 Å². The second-order valence-corrected chi connectivity index (χ2v) is 8.93. The minimum absolute atomic E-state index is 0.136. The van der Waals surface area contributed by atoms with E-state index in [1.54, 1.807) is 12.1 Å². The van der Waals surface area contributed by atoms with Crippen molar-refractivity contribution >= 4 is 17.5 Å². The van der Waals surface area contributed by atoms with Crippen LogP contribution in [-0.2, 0) is 6.18 Å². The Bertz CT molecular complexity index is 916. The molecule has 1 saturated heterocycles. The predicted molar refractivity (Wildman–Crippen MR) is 112 cm³/mol. The summed E-state index contributed by atoms with van der Waals surface area (Å²) in [4.78, 5) is 15.2. The monoisotopic (exact) mass is 454 g/mol. The van der Waals surface area contributed by atoms with Crippen molar-refractivity contribution in [1.82, 2.24) is 20.0 Å². The largest absolute Gasteiger partial charge is 0.434 e. The number of aromatic nitrogens is 2. The van der Waals surface area contributed by atoms with Gasteiger partial charge in [-0.25, -0.2) is 4.68 Å². The smallest absolute Gasteiger partial charge is 0.349 e. The first-order chi connectivity index (χ1) is 14.8. The average molecular weight is 455 g/mol. The summed E-state index contributed by atoms with van der Waals surface area (Å²) in [6, 6.07) is 5.82. The molecule has 2 fully saturated rings. The molecule has 2 aromatic rings. The van der Waals surface area contributed by atoms with Crippen molar-refractivity contribution in [3.63, 3.8) is 0 Å². The van der Waals surface area contributed by atoms with Crippen LogP contribution in [0.25, 0.3) is 5.69 Å². The first-order valence-electron chi connectivity index (χ1n) is 10.8. The van der Waals surface area contributed by atoms with Crippen molar-refractivity contribution in [2.45, 2.75) is 50.7 Å². The van der Waals surface area contributed by atoms with Crippen LogP contribution in [0.1, 0.15) is 54.6 Å². The highest BCUT2D eigenvalue weighted by Crippen LogP contribution is 2.34. The van der Waals surface area contributed by atoms with Crippen molar-refractivity contribution in [1.29, 1.82) is 0 Å². The van der Waals surface area contributed by atoms with Crippen molar-refractivity contribution < 1.29 is 18.0 Å². The number of halogens is 4. The Balaban J connectivity index is 1.44. The predicted octanol–water partition coefficient (Wildman–Crippen LogP) is 4.93. The molecular formula is C22H26ClF3N4O. The number of nitrogens with one attached hydrogen (secondary N) is 1. The third-order valence-electron chi connectivity index (χ3n) is 6.25. The SMILES string of the molecule is O=C(NC1CCN(CC2CCCC2)CC1)c1cnn(-c2cccc(Cl)c2)c1C(F)(F)F. The lowest BCUT2D eigenvalue weighted by Crippen LogP contribution is -2.45. The summed E-state index contributed by atoms with van der Waals surface area (Å²) in [5.41, 5.74) is -1.41. The highest BCUT2D eigenvalue weighted by molar-refractivity contribution is 6.30. The van der Waals surface area contributed by atoms with E-state index in [0.29, 0.717) is 0 Å². The van der Waals surface area contributed by atoms with Gasteiger partial charge in [-0.2, -0.15) is 18.3 Å². The molecule has 1 aliphatic carbocycles. The molecule has 1 aromatic carbocycles. The Morgan fingerprint density at radius 1 is 1.16 bits per heavy atom. The third kappa shape index (κ3) is 5.23. The van der Waals surface area contributed by atoms with Gasteiger partial charge in [-0.15, -0.1) is 0 Å². The summed E-state index contributed by atoms with van der Waals surface area (Å²) in [6.07, 6.45) is 2.90. The second kappa shape index (κ2) is 9.20. The minimum atomic E-state index is -4.74. The molecule has 2 aliphatic rings. The van der Waals surface area contributed by atoms with Gasteiger partial charge < -0.3 is 10.2 Å². The standard InChI is InChI=1S/C22H26ClF3N4O/c23-16-6-3-7-18(12-16)30-20(22(24,25)26)19(13-27-30)21(31)28-17-8-10-29(11-9-17)14-15-4-1-2-5-15/h3,6-7,12-13,15,17H,1-2,4-5,8-11,14H2,(H,28,31). The van der Waals surface area contributed by atoms with E-state index in [9.17, 15) is 18.0 Å². The van der Waals surface area contributed by atoms with Gasteiger partial charge in [0.1, 0.15) is 0 Å². The highest BCUT2D eigenvalue weighted by Gasteiger charge is 2.41. The Morgan fingerprint density at radius 2 is 1.87 bits per heavy atom. The molecule has 1 saturated carbocycles. The van der Waals surface area contributed by atoms with Crippen LogP contribution in [0.4, 0.5) is 13.2 Å². The molecule has 2 heterocycles. The molecule has 0 radical (unpaired) electrons. The van der Waals surface area contributed by atoms with Crippen LogP contribution in [0.5, 0.6) is 0 Å². The van der Waals surface area contributed by atoms with Crippen LogP contribution < -0.4 is 5.32 Å². The quantitative estimate of drug-likeness (QED) is 0.697. The molecule has 4 rings (SSSR count). The summed E-state index contributed by atoms with van der Waals surface area (Å²) in [7, 11) is 0. The van der Waals surface area contributed by atoms with Gasteiger partial charge in [0.25, 0.3) is 5.91 Å². The molecule has 9 heteroatoms. The van der Waals surface area contributed by atoms with E-state index in [2.05, 4.69) is 15.3 Å². The maximum atomic E-state index is 13.8.